The van der Waals surface area contributed by atoms with Gasteiger partial charge in [0.25, 0.3) is 0 Å². The predicted molar refractivity (Wildman–Crippen MR) is 97.6 cm³/mol. The second kappa shape index (κ2) is 8.75. The van der Waals surface area contributed by atoms with Crippen LogP contribution in [0.2, 0.25) is 0 Å². The van der Waals surface area contributed by atoms with Gasteiger partial charge in [-0.25, -0.2) is 0 Å². The van der Waals surface area contributed by atoms with Crippen LogP contribution in [0.25, 0.3) is 0 Å². The Labute approximate surface area is 143 Å². The monoisotopic (exact) mass is 328 g/mol. The van der Waals surface area contributed by atoms with Crippen molar-refractivity contribution in [2.75, 3.05) is 20.6 Å². The molecule has 0 saturated carbocycles. The molecule has 0 spiro atoms. The summed E-state index contributed by atoms with van der Waals surface area (Å²) in [5, 5.41) is 2.97. The van der Waals surface area contributed by atoms with Crippen LogP contribution < -0.4 is 5.32 Å². The Morgan fingerprint density at radius 1 is 1.04 bits per heavy atom. The van der Waals surface area contributed by atoms with E-state index >= 15 is 0 Å². The van der Waals surface area contributed by atoms with Crippen molar-refractivity contribution in [1.29, 1.82) is 0 Å². The normalized spacial score (nSPS) is 13.6. The standard InChI is InChI=1S/C19H24N2OS/c1-15(23-17-12-8-5-9-13-17)19(22)20-14-18(21(2)3)16-10-6-4-7-11-16/h4-13,15,18H,14H2,1-3H3,(H,20,22). The number of thioether (sulfide) groups is 1. The minimum Gasteiger partial charge on any atom is -0.353 e. The number of hydrogen-bond donors (Lipinski definition) is 1. The van der Waals surface area contributed by atoms with Gasteiger partial charge in [-0.2, -0.15) is 0 Å². The van der Waals surface area contributed by atoms with Gasteiger partial charge in [-0.3, -0.25) is 4.79 Å². The van der Waals surface area contributed by atoms with Crippen LogP contribution in [-0.4, -0.2) is 36.7 Å². The molecule has 2 aromatic carbocycles. The molecular weight excluding hydrogens is 304 g/mol. The highest BCUT2D eigenvalue weighted by Crippen LogP contribution is 2.23. The van der Waals surface area contributed by atoms with Crippen LogP contribution in [0.1, 0.15) is 18.5 Å². The van der Waals surface area contributed by atoms with Crippen molar-refractivity contribution in [3.05, 3.63) is 66.2 Å². The fraction of sp³-hybridized carbons (Fsp3) is 0.316. The molecule has 0 aliphatic carbocycles. The minimum atomic E-state index is -0.115. The van der Waals surface area contributed by atoms with Crippen molar-refractivity contribution in [1.82, 2.24) is 10.2 Å². The van der Waals surface area contributed by atoms with E-state index in [1.54, 1.807) is 11.8 Å². The highest BCUT2D eigenvalue weighted by atomic mass is 32.2. The molecule has 2 unspecified atom stereocenters. The third-order valence-corrected chi connectivity index (χ3v) is 4.81. The van der Waals surface area contributed by atoms with E-state index in [-0.39, 0.29) is 17.2 Å². The van der Waals surface area contributed by atoms with Gasteiger partial charge in [0, 0.05) is 11.4 Å². The summed E-state index contributed by atoms with van der Waals surface area (Å²) in [7, 11) is 4.07. The molecule has 0 fully saturated rings. The van der Waals surface area contributed by atoms with E-state index in [0.717, 1.165) is 4.90 Å². The van der Waals surface area contributed by atoms with Crippen LogP contribution in [0, 0.1) is 0 Å². The third kappa shape index (κ3) is 5.41. The molecule has 0 saturated heterocycles. The molecule has 4 heteroatoms. The van der Waals surface area contributed by atoms with E-state index in [1.807, 2.05) is 69.6 Å². The minimum absolute atomic E-state index is 0.0710. The zero-order chi connectivity index (χ0) is 16.7. The average molecular weight is 328 g/mol. The first kappa shape index (κ1) is 17.6. The number of hydrogen-bond acceptors (Lipinski definition) is 3. The second-order valence-electron chi connectivity index (χ2n) is 5.71. The smallest absolute Gasteiger partial charge is 0.233 e. The number of carbonyl (C=O) groups excluding carboxylic acids is 1. The summed E-state index contributed by atoms with van der Waals surface area (Å²) in [4.78, 5) is 15.6. The maximum absolute atomic E-state index is 12.4. The van der Waals surface area contributed by atoms with Crippen LogP contribution in [0.3, 0.4) is 0 Å². The number of likely N-dealkylation sites (N-methyl/N-ethyl adjacent to an activating group) is 1. The van der Waals surface area contributed by atoms with E-state index in [0.29, 0.717) is 6.54 Å². The molecule has 2 rings (SSSR count). The topological polar surface area (TPSA) is 32.3 Å². The van der Waals surface area contributed by atoms with E-state index < -0.39 is 0 Å². The highest BCUT2D eigenvalue weighted by molar-refractivity contribution is 8.00. The van der Waals surface area contributed by atoms with Crippen molar-refractivity contribution in [3.63, 3.8) is 0 Å². The van der Waals surface area contributed by atoms with Crippen molar-refractivity contribution < 1.29 is 4.79 Å². The van der Waals surface area contributed by atoms with Gasteiger partial charge in [0.2, 0.25) is 5.91 Å². The maximum atomic E-state index is 12.4. The largest absolute Gasteiger partial charge is 0.353 e. The fourth-order valence-corrected chi connectivity index (χ4v) is 3.28. The Balaban J connectivity index is 1.91. The lowest BCUT2D eigenvalue weighted by Gasteiger charge is -2.25. The predicted octanol–water partition coefficient (Wildman–Crippen LogP) is 3.59. The molecular formula is C19H24N2OS. The van der Waals surface area contributed by atoms with Gasteiger partial charge >= 0.3 is 0 Å². The molecule has 23 heavy (non-hydrogen) atoms. The number of benzene rings is 2. The number of nitrogens with one attached hydrogen (secondary N) is 1. The molecule has 0 aromatic heterocycles. The van der Waals surface area contributed by atoms with Gasteiger partial charge in [0.05, 0.1) is 11.3 Å². The lowest BCUT2D eigenvalue weighted by atomic mass is 10.1. The number of carbonyl (C=O) groups is 1. The number of amides is 1. The summed E-state index contributed by atoms with van der Waals surface area (Å²) in [5.74, 6) is 0.0710. The first-order valence-corrected chi connectivity index (χ1v) is 8.66. The van der Waals surface area contributed by atoms with E-state index in [9.17, 15) is 4.79 Å². The average Bonchev–Trinajstić information content (AvgIpc) is 2.56. The lowest BCUT2D eigenvalue weighted by molar-refractivity contribution is -0.120. The van der Waals surface area contributed by atoms with Gasteiger partial charge in [0.15, 0.2) is 0 Å². The molecule has 122 valence electrons. The van der Waals surface area contributed by atoms with Gasteiger partial charge in [-0.05, 0) is 38.7 Å². The second-order valence-corrected chi connectivity index (χ2v) is 7.12. The summed E-state index contributed by atoms with van der Waals surface area (Å²) in [6.45, 7) is 2.55. The quantitative estimate of drug-likeness (QED) is 0.789. The van der Waals surface area contributed by atoms with Crippen LogP contribution >= 0.6 is 11.8 Å². The van der Waals surface area contributed by atoms with Crippen molar-refractivity contribution >= 4 is 17.7 Å². The zero-order valence-electron chi connectivity index (χ0n) is 13.9. The zero-order valence-corrected chi connectivity index (χ0v) is 14.7. The fourth-order valence-electron chi connectivity index (χ4n) is 2.37. The lowest BCUT2D eigenvalue weighted by Crippen LogP contribution is -2.38. The van der Waals surface area contributed by atoms with E-state index in [2.05, 4.69) is 22.3 Å². The van der Waals surface area contributed by atoms with Crippen LogP contribution in [0.5, 0.6) is 0 Å². The van der Waals surface area contributed by atoms with Gasteiger partial charge in [-0.1, -0.05) is 48.5 Å². The summed E-state index contributed by atoms with van der Waals surface area (Å²) in [6.07, 6.45) is 0. The Kier molecular flexibility index (Phi) is 6.68. The molecule has 0 radical (unpaired) electrons. The molecule has 2 aromatic rings. The number of nitrogens with zero attached hydrogens (tertiary/aromatic N) is 1. The van der Waals surface area contributed by atoms with Gasteiger partial charge in [0.1, 0.15) is 0 Å². The Morgan fingerprint density at radius 2 is 1.61 bits per heavy atom. The van der Waals surface area contributed by atoms with Crippen molar-refractivity contribution in [2.45, 2.75) is 23.1 Å². The highest BCUT2D eigenvalue weighted by Gasteiger charge is 2.18. The Hall–Kier alpha value is -1.78. The van der Waals surface area contributed by atoms with Crippen LogP contribution in [0.4, 0.5) is 0 Å². The molecule has 2 atom stereocenters. The molecule has 0 bridgehead atoms. The van der Waals surface area contributed by atoms with E-state index in [4.69, 9.17) is 0 Å². The Morgan fingerprint density at radius 3 is 2.17 bits per heavy atom. The first-order valence-electron chi connectivity index (χ1n) is 7.78. The molecule has 0 aliphatic heterocycles. The van der Waals surface area contributed by atoms with E-state index in [1.165, 1.54) is 5.56 Å². The van der Waals surface area contributed by atoms with Crippen molar-refractivity contribution in [2.24, 2.45) is 0 Å². The SMILES string of the molecule is CC(Sc1ccccc1)C(=O)NCC(c1ccccc1)N(C)C. The Bertz CT molecular complexity index is 601. The van der Waals surface area contributed by atoms with Crippen LogP contribution in [-0.2, 0) is 4.79 Å². The maximum Gasteiger partial charge on any atom is 0.233 e. The first-order chi connectivity index (χ1) is 11.1. The third-order valence-electron chi connectivity index (χ3n) is 3.70. The van der Waals surface area contributed by atoms with Gasteiger partial charge < -0.3 is 10.2 Å². The molecule has 1 N–H and O–H groups in total. The molecule has 0 heterocycles. The molecule has 0 aliphatic rings. The summed E-state index contributed by atoms with van der Waals surface area (Å²) in [5.41, 5.74) is 1.21. The molecule has 3 nitrogen and oxygen atoms in total. The summed E-state index contributed by atoms with van der Waals surface area (Å²) < 4.78 is 0. The van der Waals surface area contributed by atoms with Crippen LogP contribution in [0.15, 0.2) is 65.6 Å². The van der Waals surface area contributed by atoms with Crippen molar-refractivity contribution in [3.8, 4) is 0 Å². The molecule has 1 amide bonds. The number of rotatable bonds is 7. The summed E-state index contributed by atoms with van der Waals surface area (Å²) >= 11 is 1.58. The summed E-state index contributed by atoms with van der Waals surface area (Å²) in [6, 6.07) is 20.5. The van der Waals surface area contributed by atoms with Gasteiger partial charge in [-0.15, -0.1) is 11.8 Å².